The van der Waals surface area contributed by atoms with E-state index in [1.54, 1.807) is 43.1 Å². The van der Waals surface area contributed by atoms with Crippen LogP contribution < -0.4 is 5.32 Å². The zero-order valence-corrected chi connectivity index (χ0v) is 20.5. The van der Waals surface area contributed by atoms with Gasteiger partial charge in [0.05, 0.1) is 29.3 Å². The van der Waals surface area contributed by atoms with E-state index in [1.165, 1.54) is 0 Å². The molecule has 6 aromatic heterocycles. The van der Waals surface area contributed by atoms with Gasteiger partial charge in [-0.15, -0.1) is 0 Å². The maximum absolute atomic E-state index is 12.6. The third-order valence-electron chi connectivity index (χ3n) is 6.57. The number of carbonyl (C=O) groups excluding carboxylic acids is 1. The second kappa shape index (κ2) is 9.31. The van der Waals surface area contributed by atoms with Crippen molar-refractivity contribution in [2.75, 3.05) is 5.32 Å². The molecule has 0 radical (unpaired) electrons. The van der Waals surface area contributed by atoms with Crippen molar-refractivity contribution in [3.05, 3.63) is 110 Å². The lowest BCUT2D eigenvalue weighted by Crippen LogP contribution is -2.11. The molecule has 0 fully saturated rings. The minimum Gasteiger partial charge on any atom is -0.352 e. The van der Waals surface area contributed by atoms with Crippen LogP contribution in [0.3, 0.4) is 0 Å². The van der Waals surface area contributed by atoms with Gasteiger partial charge in [-0.2, -0.15) is 5.10 Å². The van der Waals surface area contributed by atoms with Gasteiger partial charge in [-0.05, 0) is 48.0 Å². The minimum atomic E-state index is -0.195. The van der Waals surface area contributed by atoms with E-state index in [4.69, 9.17) is 0 Å². The van der Waals surface area contributed by atoms with Crippen molar-refractivity contribution >= 4 is 33.5 Å². The van der Waals surface area contributed by atoms with Crippen LogP contribution in [-0.4, -0.2) is 41.0 Å². The first-order valence-electron chi connectivity index (χ1n) is 12.3. The molecule has 0 atom stereocenters. The van der Waals surface area contributed by atoms with Gasteiger partial charge in [-0.1, -0.05) is 18.2 Å². The summed E-state index contributed by atoms with van der Waals surface area (Å²) < 4.78 is 0. The maximum Gasteiger partial charge on any atom is 0.255 e. The number of hydrogen-bond acceptors (Lipinski definition) is 6. The van der Waals surface area contributed by atoms with Crippen molar-refractivity contribution in [1.82, 2.24) is 35.1 Å². The fourth-order valence-electron chi connectivity index (χ4n) is 4.67. The molecular formula is C30H20N8O. The van der Waals surface area contributed by atoms with Gasteiger partial charge in [0.25, 0.3) is 5.91 Å². The van der Waals surface area contributed by atoms with Crippen LogP contribution in [0.1, 0.15) is 10.4 Å². The highest BCUT2D eigenvalue weighted by Gasteiger charge is 2.16. The third-order valence-corrected chi connectivity index (χ3v) is 6.57. The number of rotatable bonds is 5. The summed E-state index contributed by atoms with van der Waals surface area (Å²) in [4.78, 5) is 33.6. The Labute approximate surface area is 222 Å². The molecule has 0 aliphatic heterocycles. The predicted octanol–water partition coefficient (Wildman–Crippen LogP) is 5.88. The van der Waals surface area contributed by atoms with Crippen molar-refractivity contribution in [3.63, 3.8) is 0 Å². The number of hydrogen-bond donors (Lipinski definition) is 3. The van der Waals surface area contributed by atoms with Crippen LogP contribution in [0.25, 0.3) is 55.6 Å². The lowest BCUT2D eigenvalue weighted by Gasteiger charge is -2.07. The van der Waals surface area contributed by atoms with Crippen molar-refractivity contribution in [1.29, 1.82) is 0 Å². The summed E-state index contributed by atoms with van der Waals surface area (Å²) in [5.41, 5.74) is 8.07. The summed E-state index contributed by atoms with van der Waals surface area (Å²) in [5.74, 6) is -0.195. The molecule has 1 aromatic carbocycles. The van der Waals surface area contributed by atoms with Crippen LogP contribution >= 0.6 is 0 Å². The molecule has 9 heteroatoms. The lowest BCUT2D eigenvalue weighted by molar-refractivity contribution is 0.102. The van der Waals surface area contributed by atoms with Gasteiger partial charge < -0.3 is 10.3 Å². The number of anilines is 1. The second-order valence-electron chi connectivity index (χ2n) is 9.04. The number of amides is 1. The van der Waals surface area contributed by atoms with Gasteiger partial charge >= 0.3 is 0 Å². The molecule has 0 aliphatic carbocycles. The van der Waals surface area contributed by atoms with Crippen LogP contribution in [0.4, 0.5) is 5.69 Å². The van der Waals surface area contributed by atoms with Gasteiger partial charge in [-0.3, -0.25) is 24.8 Å². The number of fused-ring (bicyclic) bond motifs is 2. The zero-order valence-electron chi connectivity index (χ0n) is 20.5. The monoisotopic (exact) mass is 508 g/mol. The Kier molecular flexibility index (Phi) is 5.37. The molecule has 3 N–H and O–H groups in total. The number of H-pyrrole nitrogens is 2. The van der Waals surface area contributed by atoms with E-state index in [0.717, 1.165) is 49.9 Å². The third kappa shape index (κ3) is 4.17. The van der Waals surface area contributed by atoms with Crippen molar-refractivity contribution in [2.45, 2.75) is 0 Å². The fourth-order valence-corrected chi connectivity index (χ4v) is 4.67. The first kappa shape index (κ1) is 22.5. The fraction of sp³-hybridized carbons (Fsp3) is 0. The van der Waals surface area contributed by atoms with Gasteiger partial charge in [0, 0.05) is 64.0 Å². The largest absolute Gasteiger partial charge is 0.352 e. The summed E-state index contributed by atoms with van der Waals surface area (Å²) in [5, 5.41) is 12.4. The SMILES string of the molecule is O=C(Nc1cncc(-c2cnc3[nH]nc(-c4cc5c(-c6ccncc6)cncc5[nH]4)c3c2)c1)c1ccccc1. The molecule has 0 aliphatic rings. The van der Waals surface area contributed by atoms with Crippen LogP contribution in [0.5, 0.6) is 0 Å². The van der Waals surface area contributed by atoms with E-state index in [2.05, 4.69) is 46.5 Å². The molecule has 0 unspecified atom stereocenters. The zero-order chi connectivity index (χ0) is 26.2. The predicted molar refractivity (Wildman–Crippen MR) is 150 cm³/mol. The lowest BCUT2D eigenvalue weighted by atomic mass is 10.0. The second-order valence-corrected chi connectivity index (χ2v) is 9.04. The quantitative estimate of drug-likeness (QED) is 0.267. The smallest absolute Gasteiger partial charge is 0.255 e. The van der Waals surface area contributed by atoms with Crippen LogP contribution in [0.15, 0.2) is 104 Å². The van der Waals surface area contributed by atoms with E-state index >= 15 is 0 Å². The van der Waals surface area contributed by atoms with Gasteiger partial charge in [0.15, 0.2) is 5.65 Å². The Morgan fingerprint density at radius 3 is 2.44 bits per heavy atom. The summed E-state index contributed by atoms with van der Waals surface area (Å²) in [6, 6.07) is 19.0. The molecule has 0 saturated carbocycles. The Balaban J connectivity index is 1.25. The number of nitrogens with one attached hydrogen (secondary N) is 3. The molecular weight excluding hydrogens is 488 g/mol. The summed E-state index contributed by atoms with van der Waals surface area (Å²) in [6.07, 6.45) is 12.3. The Morgan fingerprint density at radius 1 is 0.744 bits per heavy atom. The number of carbonyl (C=O) groups is 1. The number of aromatic amines is 2. The first-order valence-corrected chi connectivity index (χ1v) is 12.3. The Hall–Kier alpha value is -5.70. The topological polar surface area (TPSA) is 125 Å². The van der Waals surface area contributed by atoms with Gasteiger partial charge in [-0.25, -0.2) is 4.98 Å². The Bertz CT molecular complexity index is 1960. The van der Waals surface area contributed by atoms with E-state index in [-0.39, 0.29) is 5.91 Å². The van der Waals surface area contributed by atoms with E-state index in [9.17, 15) is 4.79 Å². The average molecular weight is 509 g/mol. The number of benzene rings is 1. The van der Waals surface area contributed by atoms with Crippen LogP contribution in [0, 0.1) is 0 Å². The Morgan fingerprint density at radius 2 is 1.56 bits per heavy atom. The van der Waals surface area contributed by atoms with Gasteiger partial charge in [0.2, 0.25) is 0 Å². The normalized spacial score (nSPS) is 11.2. The van der Waals surface area contributed by atoms with Crippen LogP contribution in [-0.2, 0) is 0 Å². The average Bonchev–Trinajstić information content (AvgIpc) is 3.62. The van der Waals surface area contributed by atoms with E-state index in [0.29, 0.717) is 16.9 Å². The van der Waals surface area contributed by atoms with Crippen molar-refractivity contribution in [3.8, 4) is 33.6 Å². The van der Waals surface area contributed by atoms with Crippen molar-refractivity contribution in [2.24, 2.45) is 0 Å². The molecule has 0 bridgehead atoms. The highest BCUT2D eigenvalue weighted by Crippen LogP contribution is 2.34. The highest BCUT2D eigenvalue weighted by atomic mass is 16.1. The number of aromatic nitrogens is 7. The number of nitrogens with zero attached hydrogens (tertiary/aromatic N) is 5. The van der Waals surface area contributed by atoms with E-state index in [1.807, 2.05) is 54.9 Å². The molecule has 7 rings (SSSR count). The van der Waals surface area contributed by atoms with Gasteiger partial charge in [0.1, 0.15) is 5.69 Å². The molecule has 7 aromatic rings. The summed E-state index contributed by atoms with van der Waals surface area (Å²) in [6.45, 7) is 0. The summed E-state index contributed by atoms with van der Waals surface area (Å²) >= 11 is 0. The molecule has 0 spiro atoms. The standard InChI is InChI=1S/C30H20N8O/c39-30(19-4-2-1-3-5-19)35-22-10-20(13-32-15-22)21-11-24-28(37-38-29(24)34-14-21)26-12-23-25(16-33-17-27(23)36-26)18-6-8-31-9-7-18/h1-17,36H,(H,35,39)(H,34,37,38). The van der Waals surface area contributed by atoms with E-state index < -0.39 is 0 Å². The van der Waals surface area contributed by atoms with Crippen molar-refractivity contribution < 1.29 is 4.79 Å². The minimum absolute atomic E-state index is 0.195. The van der Waals surface area contributed by atoms with Crippen LogP contribution in [0.2, 0.25) is 0 Å². The first-order chi connectivity index (χ1) is 19.2. The maximum atomic E-state index is 12.6. The molecule has 1 amide bonds. The highest BCUT2D eigenvalue weighted by molar-refractivity contribution is 6.04. The molecule has 0 saturated heterocycles. The summed E-state index contributed by atoms with van der Waals surface area (Å²) in [7, 11) is 0. The number of pyridine rings is 4. The molecule has 6 heterocycles. The molecule has 39 heavy (non-hydrogen) atoms. The molecule has 186 valence electrons. The molecule has 9 nitrogen and oxygen atoms in total.